The number of halogens is 2. The van der Waals surface area contributed by atoms with Gasteiger partial charge in [-0.15, -0.1) is 0 Å². The fraction of sp³-hybridized carbons (Fsp3) is 0.875. The zero-order chi connectivity index (χ0) is 10.5. The number of alkyl halides is 2. The molecule has 0 aromatic rings. The molecule has 1 atom stereocenters. The van der Waals surface area contributed by atoms with E-state index in [-0.39, 0.29) is 13.0 Å². The molecule has 0 fully saturated rings. The molecule has 0 aliphatic heterocycles. The number of ether oxygens (including phenoxy) is 1. The summed E-state index contributed by atoms with van der Waals surface area (Å²) < 4.78 is 29.8. The van der Waals surface area contributed by atoms with Gasteiger partial charge < -0.3 is 9.84 Å². The average molecular weight is 196 g/mol. The van der Waals surface area contributed by atoms with Crippen molar-refractivity contribution in [2.45, 2.75) is 38.7 Å². The number of hydrogen-bond acceptors (Lipinski definition) is 3. The van der Waals surface area contributed by atoms with Crippen LogP contribution in [0.1, 0.15) is 26.7 Å². The van der Waals surface area contributed by atoms with Crippen molar-refractivity contribution >= 4 is 5.97 Å². The standard InChI is InChI=1S/C8H14F2O3/c1-3-5-6(11)8(9,10)7(12)13-4-2/h6,11H,3-5H2,1-2H3/t6-/m0/s1. The molecule has 0 aromatic carbocycles. The molecule has 0 rings (SSSR count). The van der Waals surface area contributed by atoms with E-state index >= 15 is 0 Å². The summed E-state index contributed by atoms with van der Waals surface area (Å²) in [5.74, 6) is -5.44. The van der Waals surface area contributed by atoms with E-state index in [4.69, 9.17) is 5.11 Å². The Bertz CT molecular complexity index is 171. The van der Waals surface area contributed by atoms with Gasteiger partial charge in [0.25, 0.3) is 0 Å². The minimum Gasteiger partial charge on any atom is -0.461 e. The maximum atomic E-state index is 12.9. The minimum atomic E-state index is -3.79. The molecule has 0 amide bonds. The fourth-order valence-electron chi connectivity index (χ4n) is 0.818. The van der Waals surface area contributed by atoms with Crippen LogP contribution in [0.2, 0.25) is 0 Å². The van der Waals surface area contributed by atoms with Crippen molar-refractivity contribution in [1.29, 1.82) is 0 Å². The van der Waals surface area contributed by atoms with Gasteiger partial charge in [-0.1, -0.05) is 13.3 Å². The topological polar surface area (TPSA) is 46.5 Å². The highest BCUT2D eigenvalue weighted by Gasteiger charge is 2.47. The van der Waals surface area contributed by atoms with Crippen LogP contribution in [-0.4, -0.2) is 29.7 Å². The van der Waals surface area contributed by atoms with E-state index in [2.05, 4.69) is 4.74 Å². The SMILES string of the molecule is CCC[C@H](O)C(F)(F)C(=O)OCC. The molecule has 0 aromatic heterocycles. The summed E-state index contributed by atoms with van der Waals surface area (Å²) in [4.78, 5) is 10.6. The number of aliphatic hydroxyl groups is 1. The van der Waals surface area contributed by atoms with Crippen LogP contribution in [0.4, 0.5) is 8.78 Å². The number of hydrogen-bond donors (Lipinski definition) is 1. The van der Waals surface area contributed by atoms with Gasteiger partial charge >= 0.3 is 11.9 Å². The maximum absolute atomic E-state index is 12.9. The molecule has 0 aliphatic rings. The van der Waals surface area contributed by atoms with Crippen molar-refractivity contribution in [3.8, 4) is 0 Å². The Kier molecular flexibility index (Phi) is 4.83. The van der Waals surface area contributed by atoms with E-state index in [0.29, 0.717) is 6.42 Å². The first-order chi connectivity index (χ1) is 5.96. The number of carbonyl (C=O) groups excluding carboxylic acids is 1. The summed E-state index contributed by atoms with van der Waals surface area (Å²) in [5, 5.41) is 8.92. The molecule has 0 heterocycles. The lowest BCUT2D eigenvalue weighted by Crippen LogP contribution is -2.42. The third-order valence-corrected chi connectivity index (χ3v) is 1.53. The van der Waals surface area contributed by atoms with Crippen molar-refractivity contribution in [2.24, 2.45) is 0 Å². The molecule has 13 heavy (non-hydrogen) atoms. The highest BCUT2D eigenvalue weighted by molar-refractivity contribution is 5.78. The van der Waals surface area contributed by atoms with Crippen LogP contribution in [0.25, 0.3) is 0 Å². The van der Waals surface area contributed by atoms with Crippen LogP contribution in [-0.2, 0) is 9.53 Å². The summed E-state index contributed by atoms with van der Waals surface area (Å²) in [6, 6.07) is 0. The van der Waals surface area contributed by atoms with E-state index < -0.39 is 18.0 Å². The van der Waals surface area contributed by atoms with E-state index in [1.807, 2.05) is 0 Å². The van der Waals surface area contributed by atoms with Gasteiger partial charge in [-0.2, -0.15) is 8.78 Å². The van der Waals surface area contributed by atoms with Gasteiger partial charge in [-0.05, 0) is 13.3 Å². The summed E-state index contributed by atoms with van der Waals surface area (Å²) in [6.07, 6.45) is -1.68. The van der Waals surface area contributed by atoms with E-state index in [1.54, 1.807) is 6.92 Å². The van der Waals surface area contributed by atoms with E-state index in [9.17, 15) is 13.6 Å². The molecule has 1 N–H and O–H groups in total. The van der Waals surface area contributed by atoms with Gasteiger partial charge in [0.15, 0.2) is 0 Å². The predicted molar refractivity (Wildman–Crippen MR) is 42.5 cm³/mol. The molecule has 0 radical (unpaired) electrons. The average Bonchev–Trinajstić information content (AvgIpc) is 2.05. The van der Waals surface area contributed by atoms with E-state index in [0.717, 1.165) is 0 Å². The molecule has 3 nitrogen and oxygen atoms in total. The van der Waals surface area contributed by atoms with Gasteiger partial charge in [-0.25, -0.2) is 4.79 Å². The first-order valence-electron chi connectivity index (χ1n) is 4.19. The quantitative estimate of drug-likeness (QED) is 0.675. The van der Waals surface area contributed by atoms with E-state index in [1.165, 1.54) is 6.92 Å². The molecule has 0 bridgehead atoms. The molecule has 78 valence electrons. The Balaban J connectivity index is 4.26. The minimum absolute atomic E-state index is 0.118. The lowest BCUT2D eigenvalue weighted by Gasteiger charge is -2.19. The van der Waals surface area contributed by atoms with Gasteiger partial charge in [0, 0.05) is 0 Å². The van der Waals surface area contributed by atoms with Gasteiger partial charge in [0.05, 0.1) is 6.61 Å². The Morgan fingerprint density at radius 2 is 2.08 bits per heavy atom. The molecule has 0 aliphatic carbocycles. The van der Waals surface area contributed by atoms with Crippen LogP contribution in [0.3, 0.4) is 0 Å². The Morgan fingerprint density at radius 1 is 1.54 bits per heavy atom. The van der Waals surface area contributed by atoms with Crippen LogP contribution in [0, 0.1) is 0 Å². The lowest BCUT2D eigenvalue weighted by molar-refractivity contribution is -0.188. The molecule has 0 spiro atoms. The molecule has 0 saturated heterocycles. The summed E-state index contributed by atoms with van der Waals surface area (Å²) >= 11 is 0. The predicted octanol–water partition coefficient (Wildman–Crippen LogP) is 1.35. The third-order valence-electron chi connectivity index (χ3n) is 1.53. The van der Waals surface area contributed by atoms with Gasteiger partial charge in [-0.3, -0.25) is 0 Å². The number of rotatable bonds is 5. The highest BCUT2D eigenvalue weighted by atomic mass is 19.3. The zero-order valence-electron chi connectivity index (χ0n) is 7.72. The van der Waals surface area contributed by atoms with Crippen molar-refractivity contribution in [3.05, 3.63) is 0 Å². The highest BCUT2D eigenvalue weighted by Crippen LogP contribution is 2.23. The first kappa shape index (κ1) is 12.3. The van der Waals surface area contributed by atoms with Crippen molar-refractivity contribution < 1.29 is 23.4 Å². The first-order valence-corrected chi connectivity index (χ1v) is 4.19. The number of esters is 1. The van der Waals surface area contributed by atoms with Crippen LogP contribution in [0.15, 0.2) is 0 Å². The Hall–Kier alpha value is -0.710. The summed E-state index contributed by atoms with van der Waals surface area (Å²) in [7, 11) is 0. The lowest BCUT2D eigenvalue weighted by atomic mass is 10.1. The van der Waals surface area contributed by atoms with Gasteiger partial charge in [0.2, 0.25) is 0 Å². The van der Waals surface area contributed by atoms with Crippen molar-refractivity contribution in [2.75, 3.05) is 6.61 Å². The molecule has 0 saturated carbocycles. The maximum Gasteiger partial charge on any atom is 0.379 e. The van der Waals surface area contributed by atoms with Crippen molar-refractivity contribution in [3.63, 3.8) is 0 Å². The second-order valence-electron chi connectivity index (χ2n) is 2.65. The third kappa shape index (κ3) is 3.26. The van der Waals surface area contributed by atoms with Gasteiger partial charge in [0.1, 0.15) is 6.10 Å². The molecule has 5 heteroatoms. The van der Waals surface area contributed by atoms with Crippen LogP contribution >= 0.6 is 0 Å². The largest absolute Gasteiger partial charge is 0.461 e. The monoisotopic (exact) mass is 196 g/mol. The molecular formula is C8H14F2O3. The smallest absolute Gasteiger partial charge is 0.379 e. The van der Waals surface area contributed by atoms with Crippen molar-refractivity contribution in [1.82, 2.24) is 0 Å². The van der Waals surface area contributed by atoms with Crippen LogP contribution < -0.4 is 0 Å². The summed E-state index contributed by atoms with van der Waals surface area (Å²) in [6.45, 7) is 2.96. The second kappa shape index (κ2) is 5.11. The molecular weight excluding hydrogens is 182 g/mol. The Morgan fingerprint density at radius 3 is 2.46 bits per heavy atom. The summed E-state index contributed by atoms with van der Waals surface area (Å²) in [5.41, 5.74) is 0. The molecule has 0 unspecified atom stereocenters. The second-order valence-corrected chi connectivity index (χ2v) is 2.65. The fourth-order valence-corrected chi connectivity index (χ4v) is 0.818. The number of carbonyl (C=O) groups is 1. The van der Waals surface area contributed by atoms with Crippen LogP contribution in [0.5, 0.6) is 0 Å². The normalized spacial score (nSPS) is 13.9. The zero-order valence-corrected chi connectivity index (χ0v) is 7.72. The Labute approximate surface area is 75.7 Å². The number of aliphatic hydroxyl groups excluding tert-OH is 1.